The van der Waals surface area contributed by atoms with E-state index >= 15 is 0 Å². The summed E-state index contributed by atoms with van der Waals surface area (Å²) >= 11 is 0. The third-order valence-corrected chi connectivity index (χ3v) is 5.15. The molecule has 13 heteroatoms. The molecular formula is C26H41N3O10. The maximum absolute atomic E-state index is 12.3. The summed E-state index contributed by atoms with van der Waals surface area (Å²) in [4.78, 5) is 48.1. The Labute approximate surface area is 228 Å². The van der Waals surface area contributed by atoms with Crippen molar-refractivity contribution in [3.8, 4) is 0 Å². The Bertz CT molecular complexity index is 841. The number of nitrogens with two attached hydrogens (primary N) is 1. The Morgan fingerprint density at radius 1 is 0.821 bits per heavy atom. The van der Waals surface area contributed by atoms with Crippen LogP contribution in [0.1, 0.15) is 51.0 Å². The first-order valence-corrected chi connectivity index (χ1v) is 13.0. The van der Waals surface area contributed by atoms with Crippen LogP contribution in [0, 0.1) is 0 Å². The Kier molecular flexibility index (Phi) is 18.3. The van der Waals surface area contributed by atoms with E-state index in [0.29, 0.717) is 19.4 Å². The fourth-order valence-electron chi connectivity index (χ4n) is 3.00. The lowest BCUT2D eigenvalue weighted by Gasteiger charge is -2.19. The highest BCUT2D eigenvalue weighted by Gasteiger charge is 2.20. The smallest absolute Gasteiger partial charge is 0.450 e. The molecule has 0 aliphatic rings. The number of nitrogens with one attached hydrogen (secondary N) is 2. The summed E-state index contributed by atoms with van der Waals surface area (Å²) in [7, 11) is 0. The highest BCUT2D eigenvalue weighted by molar-refractivity contribution is 5.76. The van der Waals surface area contributed by atoms with Crippen LogP contribution in [0.15, 0.2) is 30.3 Å². The van der Waals surface area contributed by atoms with Gasteiger partial charge in [-0.05, 0) is 31.4 Å². The van der Waals surface area contributed by atoms with Crippen molar-refractivity contribution in [3.63, 3.8) is 0 Å². The molecule has 5 N–H and O–H groups in total. The fourth-order valence-corrected chi connectivity index (χ4v) is 3.00. The number of unbranched alkanes of at least 4 members (excludes halogenated alkanes) is 3. The van der Waals surface area contributed by atoms with Gasteiger partial charge in [-0.1, -0.05) is 50.1 Å². The lowest BCUT2D eigenvalue weighted by atomic mass is 10.2. The van der Waals surface area contributed by atoms with Crippen LogP contribution in [0.5, 0.6) is 0 Å². The van der Waals surface area contributed by atoms with Gasteiger partial charge < -0.3 is 45.2 Å². The van der Waals surface area contributed by atoms with E-state index in [0.717, 1.165) is 24.8 Å². The molecule has 39 heavy (non-hydrogen) atoms. The van der Waals surface area contributed by atoms with Crippen LogP contribution in [0.25, 0.3) is 0 Å². The number of alkyl carbamates (subject to hydrolysis) is 1. The van der Waals surface area contributed by atoms with Crippen molar-refractivity contribution in [2.45, 2.75) is 64.1 Å². The van der Waals surface area contributed by atoms with Gasteiger partial charge in [0.2, 0.25) is 5.91 Å². The number of hydrogen-bond donors (Lipinski definition) is 4. The van der Waals surface area contributed by atoms with E-state index in [1.807, 2.05) is 13.0 Å². The van der Waals surface area contributed by atoms with Gasteiger partial charge in [0, 0.05) is 6.42 Å². The van der Waals surface area contributed by atoms with E-state index in [2.05, 4.69) is 10.6 Å². The minimum atomic E-state index is -1.11. The van der Waals surface area contributed by atoms with Gasteiger partial charge in [-0.2, -0.15) is 0 Å². The molecule has 1 rings (SSSR count). The van der Waals surface area contributed by atoms with Crippen molar-refractivity contribution in [3.05, 3.63) is 35.9 Å². The van der Waals surface area contributed by atoms with Crippen molar-refractivity contribution < 1.29 is 48.0 Å². The van der Waals surface area contributed by atoms with Crippen LogP contribution >= 0.6 is 0 Å². The minimum absolute atomic E-state index is 0.00682. The molecule has 0 aliphatic carbocycles. The second-order valence-electron chi connectivity index (χ2n) is 8.58. The summed E-state index contributed by atoms with van der Waals surface area (Å²) in [6.45, 7) is 1.15. The molecule has 2 atom stereocenters. The van der Waals surface area contributed by atoms with Crippen molar-refractivity contribution in [2.75, 3.05) is 39.6 Å². The van der Waals surface area contributed by atoms with Gasteiger partial charge in [0.1, 0.15) is 26.4 Å². The molecule has 0 saturated heterocycles. The Balaban J connectivity index is 2.51. The average molecular weight is 556 g/mol. The van der Waals surface area contributed by atoms with Gasteiger partial charge in [0.25, 0.3) is 0 Å². The predicted octanol–water partition coefficient (Wildman–Crippen LogP) is 2.38. The van der Waals surface area contributed by atoms with Crippen molar-refractivity contribution in [1.29, 1.82) is 0 Å². The number of aliphatic hydroxyl groups excluding tert-OH is 1. The summed E-state index contributed by atoms with van der Waals surface area (Å²) in [6.07, 6.45) is 1.15. The van der Waals surface area contributed by atoms with Crippen LogP contribution in [0.3, 0.4) is 0 Å². The number of carbonyl (C=O) groups is 4. The molecular weight excluding hydrogens is 514 g/mol. The number of carbonyl (C=O) groups excluding carboxylic acids is 4. The lowest BCUT2D eigenvalue weighted by Crippen LogP contribution is -2.43. The van der Waals surface area contributed by atoms with E-state index in [-0.39, 0.29) is 45.4 Å². The van der Waals surface area contributed by atoms with Gasteiger partial charge in [0.15, 0.2) is 0 Å². The Morgan fingerprint density at radius 3 is 2.08 bits per heavy atom. The molecule has 0 aliphatic heterocycles. The van der Waals surface area contributed by atoms with E-state index in [9.17, 15) is 24.3 Å². The van der Waals surface area contributed by atoms with E-state index in [1.165, 1.54) is 0 Å². The highest BCUT2D eigenvalue weighted by atomic mass is 16.7. The van der Waals surface area contributed by atoms with Crippen LogP contribution < -0.4 is 16.4 Å². The topological polar surface area (TPSA) is 185 Å². The first kappa shape index (κ1) is 33.4. The number of aliphatic hydroxyl groups is 1. The molecule has 0 radical (unpaired) electrons. The fraction of sp³-hybridized carbons (Fsp3) is 0.615. The number of benzene rings is 1. The summed E-state index contributed by atoms with van der Waals surface area (Å²) in [5.41, 5.74) is 6.23. The third kappa shape index (κ3) is 17.5. The van der Waals surface area contributed by atoms with E-state index in [4.69, 9.17) is 29.4 Å². The maximum atomic E-state index is 12.3. The Morgan fingerprint density at radius 2 is 1.46 bits per heavy atom. The largest absolute Gasteiger partial charge is 0.508 e. The number of amides is 2. The molecule has 13 nitrogen and oxygen atoms in total. The zero-order chi connectivity index (χ0) is 28.7. The van der Waals surface area contributed by atoms with E-state index in [1.54, 1.807) is 24.3 Å². The number of ether oxygens (including phenoxy) is 5. The molecule has 0 heterocycles. The number of rotatable bonds is 19. The quantitative estimate of drug-likeness (QED) is 0.112. The summed E-state index contributed by atoms with van der Waals surface area (Å²) < 4.78 is 25.0. The molecule has 2 unspecified atom stereocenters. The first-order valence-electron chi connectivity index (χ1n) is 13.0. The predicted molar refractivity (Wildman–Crippen MR) is 140 cm³/mol. The summed E-state index contributed by atoms with van der Waals surface area (Å²) in [5, 5.41) is 14.4. The maximum Gasteiger partial charge on any atom is 0.508 e. The van der Waals surface area contributed by atoms with Crippen molar-refractivity contribution in [1.82, 2.24) is 10.6 Å². The van der Waals surface area contributed by atoms with Gasteiger partial charge >= 0.3 is 18.4 Å². The minimum Gasteiger partial charge on any atom is -0.450 e. The first-order chi connectivity index (χ1) is 18.9. The lowest BCUT2D eigenvalue weighted by molar-refractivity contribution is -0.122. The zero-order valence-electron chi connectivity index (χ0n) is 22.4. The molecule has 0 spiro atoms. The van der Waals surface area contributed by atoms with E-state index < -0.39 is 37.1 Å². The molecule has 2 amide bonds. The van der Waals surface area contributed by atoms with Crippen LogP contribution in [-0.2, 0) is 35.1 Å². The molecule has 1 aromatic rings. The zero-order valence-corrected chi connectivity index (χ0v) is 22.4. The standard InChI is InChI=1S/C26H41N3O10/c1-2-3-14-35-24(32)29-21(15-30)17-37-26(34)39-19-22(28-23(31)12-8-5-9-13-27)18-38-25(33)36-16-20-10-6-4-7-11-20/h4,6-7,10-11,21-22,30H,2-3,5,8-9,12-19,27H2,1H3,(H,28,31)(H,29,32). The molecule has 220 valence electrons. The third-order valence-electron chi connectivity index (χ3n) is 5.15. The normalized spacial score (nSPS) is 12.0. The Hall–Kier alpha value is -3.58. The molecule has 0 saturated carbocycles. The van der Waals surface area contributed by atoms with Crippen LogP contribution in [-0.4, -0.2) is 81.1 Å². The van der Waals surface area contributed by atoms with Gasteiger partial charge in [0.05, 0.1) is 25.3 Å². The monoisotopic (exact) mass is 555 g/mol. The molecule has 0 bridgehead atoms. The average Bonchev–Trinajstić information content (AvgIpc) is 2.94. The van der Waals surface area contributed by atoms with Gasteiger partial charge in [-0.25, -0.2) is 14.4 Å². The second kappa shape index (κ2) is 21.4. The van der Waals surface area contributed by atoms with Crippen molar-refractivity contribution in [2.24, 2.45) is 5.73 Å². The van der Waals surface area contributed by atoms with Crippen molar-refractivity contribution >= 4 is 24.3 Å². The molecule has 0 aromatic heterocycles. The SMILES string of the molecule is CCCCOC(=O)NC(CO)COC(=O)OCC(COC(=O)OCc1ccccc1)NC(=O)CCCCCN. The molecule has 1 aromatic carbocycles. The summed E-state index contributed by atoms with van der Waals surface area (Å²) in [5.74, 6) is -0.318. The van der Waals surface area contributed by atoms with Gasteiger partial charge in [-0.3, -0.25) is 4.79 Å². The second-order valence-corrected chi connectivity index (χ2v) is 8.58. The number of hydrogen-bond acceptors (Lipinski definition) is 11. The molecule has 0 fully saturated rings. The van der Waals surface area contributed by atoms with Gasteiger partial charge in [-0.15, -0.1) is 0 Å². The summed E-state index contributed by atoms with van der Waals surface area (Å²) in [6, 6.07) is 7.23. The van der Waals surface area contributed by atoms with Crippen LogP contribution in [0.4, 0.5) is 14.4 Å². The van der Waals surface area contributed by atoms with Crippen LogP contribution in [0.2, 0.25) is 0 Å². The highest BCUT2D eigenvalue weighted by Crippen LogP contribution is 2.04.